The number of imidazole rings is 1. The standard InChI is InChI=1S/C15H20Cl2N2O/c1-5-20-15(3,4)9-19-13-7-6-11(17)8-12(13)18-14(19)10(2)16/h6-8,10H,5,9H2,1-4H3. The first-order valence-electron chi connectivity index (χ1n) is 6.78. The van der Waals surface area contributed by atoms with Crippen LogP contribution >= 0.6 is 23.2 Å². The van der Waals surface area contributed by atoms with Crippen LogP contribution in [0.2, 0.25) is 5.02 Å². The first-order chi connectivity index (χ1) is 9.34. The summed E-state index contributed by atoms with van der Waals surface area (Å²) in [6.07, 6.45) is 0. The fourth-order valence-electron chi connectivity index (χ4n) is 2.41. The maximum atomic E-state index is 6.27. The smallest absolute Gasteiger partial charge is 0.127 e. The normalized spacial score (nSPS) is 13.9. The van der Waals surface area contributed by atoms with Crippen LogP contribution in [0.15, 0.2) is 18.2 Å². The first kappa shape index (κ1) is 15.6. The van der Waals surface area contributed by atoms with Gasteiger partial charge < -0.3 is 9.30 Å². The second-order valence-electron chi connectivity index (χ2n) is 5.50. The van der Waals surface area contributed by atoms with Gasteiger partial charge in [-0.2, -0.15) is 0 Å². The molecule has 0 saturated carbocycles. The number of ether oxygens (including phenoxy) is 1. The van der Waals surface area contributed by atoms with Gasteiger partial charge in [0, 0.05) is 11.6 Å². The van der Waals surface area contributed by atoms with Crippen LogP contribution in [-0.4, -0.2) is 21.8 Å². The molecule has 1 unspecified atom stereocenters. The molecule has 1 aromatic carbocycles. The molecule has 0 aliphatic rings. The van der Waals surface area contributed by atoms with Crippen molar-refractivity contribution >= 4 is 34.2 Å². The summed E-state index contributed by atoms with van der Waals surface area (Å²) in [6, 6.07) is 5.72. The summed E-state index contributed by atoms with van der Waals surface area (Å²) >= 11 is 12.3. The van der Waals surface area contributed by atoms with E-state index in [4.69, 9.17) is 27.9 Å². The van der Waals surface area contributed by atoms with Crippen LogP contribution in [0.5, 0.6) is 0 Å². The zero-order valence-corrected chi connectivity index (χ0v) is 13.8. The predicted molar refractivity (Wildman–Crippen MR) is 84.7 cm³/mol. The Kier molecular flexibility index (Phi) is 4.62. The lowest BCUT2D eigenvalue weighted by Crippen LogP contribution is -2.31. The third-order valence-electron chi connectivity index (χ3n) is 3.17. The average molecular weight is 315 g/mol. The monoisotopic (exact) mass is 314 g/mol. The second-order valence-corrected chi connectivity index (χ2v) is 6.59. The molecule has 5 heteroatoms. The predicted octanol–water partition coefficient (Wildman–Crippen LogP) is 4.80. The highest BCUT2D eigenvalue weighted by Gasteiger charge is 2.23. The van der Waals surface area contributed by atoms with Gasteiger partial charge in [0.1, 0.15) is 5.82 Å². The zero-order valence-electron chi connectivity index (χ0n) is 12.3. The van der Waals surface area contributed by atoms with Crippen molar-refractivity contribution in [1.29, 1.82) is 0 Å². The van der Waals surface area contributed by atoms with E-state index in [2.05, 4.69) is 23.4 Å². The molecule has 3 nitrogen and oxygen atoms in total. The quantitative estimate of drug-likeness (QED) is 0.741. The Morgan fingerprint density at radius 3 is 2.70 bits per heavy atom. The molecule has 0 aliphatic heterocycles. The summed E-state index contributed by atoms with van der Waals surface area (Å²) in [7, 11) is 0. The molecule has 0 radical (unpaired) electrons. The Bertz CT molecular complexity index is 605. The molecular formula is C15H20Cl2N2O. The summed E-state index contributed by atoms with van der Waals surface area (Å²) < 4.78 is 7.92. The minimum absolute atomic E-state index is 0.168. The molecule has 0 amide bonds. The van der Waals surface area contributed by atoms with E-state index < -0.39 is 0 Å². The van der Waals surface area contributed by atoms with Crippen LogP contribution < -0.4 is 0 Å². The van der Waals surface area contributed by atoms with E-state index in [-0.39, 0.29) is 11.0 Å². The average Bonchev–Trinajstić information content (AvgIpc) is 2.66. The van der Waals surface area contributed by atoms with E-state index in [0.29, 0.717) is 18.2 Å². The van der Waals surface area contributed by atoms with Gasteiger partial charge >= 0.3 is 0 Å². The maximum Gasteiger partial charge on any atom is 0.127 e. The number of alkyl halides is 1. The van der Waals surface area contributed by atoms with Crippen molar-refractivity contribution in [2.75, 3.05) is 6.61 Å². The molecule has 2 aromatic rings. The minimum Gasteiger partial charge on any atom is -0.374 e. The van der Waals surface area contributed by atoms with E-state index in [1.165, 1.54) is 0 Å². The van der Waals surface area contributed by atoms with Gasteiger partial charge in [-0.15, -0.1) is 11.6 Å². The van der Waals surface area contributed by atoms with Crippen molar-refractivity contribution in [2.45, 2.75) is 45.2 Å². The fourth-order valence-corrected chi connectivity index (χ4v) is 2.74. The summed E-state index contributed by atoms with van der Waals surface area (Å²) in [5.74, 6) is 0.844. The van der Waals surface area contributed by atoms with Crippen molar-refractivity contribution in [2.24, 2.45) is 0 Å². The third kappa shape index (κ3) is 3.27. The lowest BCUT2D eigenvalue weighted by molar-refractivity contribution is -0.0221. The van der Waals surface area contributed by atoms with E-state index in [0.717, 1.165) is 16.9 Å². The SMILES string of the molecule is CCOC(C)(C)Cn1c(C(C)Cl)nc2cc(Cl)ccc21. The van der Waals surface area contributed by atoms with E-state index in [1.54, 1.807) is 0 Å². The topological polar surface area (TPSA) is 27.1 Å². The molecule has 0 N–H and O–H groups in total. The molecule has 0 fully saturated rings. The molecular weight excluding hydrogens is 295 g/mol. The Hall–Kier alpha value is -0.770. The van der Waals surface area contributed by atoms with Gasteiger partial charge in [-0.1, -0.05) is 11.6 Å². The highest BCUT2D eigenvalue weighted by atomic mass is 35.5. The fraction of sp³-hybridized carbons (Fsp3) is 0.533. The van der Waals surface area contributed by atoms with Gasteiger partial charge in [0.15, 0.2) is 0 Å². The summed E-state index contributed by atoms with van der Waals surface area (Å²) in [5.41, 5.74) is 1.62. The Morgan fingerprint density at radius 1 is 1.40 bits per heavy atom. The maximum absolute atomic E-state index is 6.27. The van der Waals surface area contributed by atoms with E-state index in [9.17, 15) is 0 Å². The van der Waals surface area contributed by atoms with Crippen LogP contribution in [0.25, 0.3) is 11.0 Å². The molecule has 0 aliphatic carbocycles. The lowest BCUT2D eigenvalue weighted by atomic mass is 10.1. The van der Waals surface area contributed by atoms with Crippen LogP contribution in [0, 0.1) is 0 Å². The van der Waals surface area contributed by atoms with Crippen LogP contribution in [-0.2, 0) is 11.3 Å². The van der Waals surface area contributed by atoms with Gasteiger partial charge in [-0.3, -0.25) is 0 Å². The lowest BCUT2D eigenvalue weighted by Gasteiger charge is -2.26. The third-order valence-corrected chi connectivity index (χ3v) is 3.60. The molecule has 1 atom stereocenters. The number of hydrogen-bond acceptors (Lipinski definition) is 2. The van der Waals surface area contributed by atoms with Crippen molar-refractivity contribution < 1.29 is 4.74 Å². The summed E-state index contributed by atoms with van der Waals surface area (Å²) in [6.45, 7) is 9.44. The van der Waals surface area contributed by atoms with Gasteiger partial charge in [-0.25, -0.2) is 4.98 Å². The summed E-state index contributed by atoms with van der Waals surface area (Å²) in [5, 5.41) is 0.513. The van der Waals surface area contributed by atoms with Gasteiger partial charge in [-0.05, 0) is 45.9 Å². The van der Waals surface area contributed by atoms with Crippen molar-refractivity contribution in [3.8, 4) is 0 Å². The second kappa shape index (κ2) is 5.92. The van der Waals surface area contributed by atoms with Crippen molar-refractivity contribution in [3.05, 3.63) is 29.0 Å². The van der Waals surface area contributed by atoms with Gasteiger partial charge in [0.25, 0.3) is 0 Å². The van der Waals surface area contributed by atoms with E-state index in [1.807, 2.05) is 32.0 Å². The minimum atomic E-state index is -0.275. The van der Waals surface area contributed by atoms with Crippen LogP contribution in [0.1, 0.15) is 38.9 Å². The van der Waals surface area contributed by atoms with Crippen LogP contribution in [0.3, 0.4) is 0 Å². The number of hydrogen-bond donors (Lipinski definition) is 0. The van der Waals surface area contributed by atoms with Crippen molar-refractivity contribution in [3.63, 3.8) is 0 Å². The Morgan fingerprint density at radius 2 is 2.10 bits per heavy atom. The van der Waals surface area contributed by atoms with Gasteiger partial charge in [0.2, 0.25) is 0 Å². The molecule has 0 bridgehead atoms. The Labute approximate surface area is 129 Å². The first-order valence-corrected chi connectivity index (χ1v) is 7.59. The molecule has 0 spiro atoms. The number of halogens is 2. The molecule has 110 valence electrons. The largest absolute Gasteiger partial charge is 0.374 e. The molecule has 2 rings (SSSR count). The molecule has 1 aromatic heterocycles. The number of aromatic nitrogens is 2. The Balaban J connectivity index is 2.51. The van der Waals surface area contributed by atoms with E-state index >= 15 is 0 Å². The highest BCUT2D eigenvalue weighted by molar-refractivity contribution is 6.31. The van der Waals surface area contributed by atoms with Gasteiger partial charge in [0.05, 0.1) is 28.6 Å². The summed E-state index contributed by atoms with van der Waals surface area (Å²) in [4.78, 5) is 4.61. The number of benzene rings is 1. The number of fused-ring (bicyclic) bond motifs is 1. The zero-order chi connectivity index (χ0) is 14.9. The highest BCUT2D eigenvalue weighted by Crippen LogP contribution is 2.28. The van der Waals surface area contributed by atoms with Crippen LogP contribution in [0.4, 0.5) is 0 Å². The molecule has 20 heavy (non-hydrogen) atoms. The number of rotatable bonds is 5. The molecule has 1 heterocycles. The number of nitrogens with zero attached hydrogens (tertiary/aromatic N) is 2. The molecule has 0 saturated heterocycles. The van der Waals surface area contributed by atoms with Crippen molar-refractivity contribution in [1.82, 2.24) is 9.55 Å².